The van der Waals surface area contributed by atoms with E-state index < -0.39 is 40.2 Å². The molecular weight excluding hydrogens is 823 g/mol. The Morgan fingerprint density at radius 1 is 0.778 bits per heavy atom. The lowest BCUT2D eigenvalue weighted by Crippen LogP contribution is -2.42. The molecule has 11 heteroatoms. The number of carbonyl (C=O) groups excluding carboxylic acids is 4. The summed E-state index contributed by atoms with van der Waals surface area (Å²) in [6, 6.07) is 24.4. The van der Waals surface area contributed by atoms with Crippen molar-refractivity contribution in [2.24, 2.45) is 11.3 Å². The van der Waals surface area contributed by atoms with Crippen LogP contribution in [0.4, 0.5) is 0 Å². The predicted octanol–water partition coefficient (Wildman–Crippen LogP) is 11.9. The molecule has 0 spiro atoms. The fourth-order valence-electron chi connectivity index (χ4n) is 7.88. The van der Waals surface area contributed by atoms with Crippen LogP contribution in [0.15, 0.2) is 78.9 Å². The molecule has 1 N–H and O–H groups in total. The third-order valence-electron chi connectivity index (χ3n) is 14.2. The first-order valence-corrected chi connectivity index (χ1v) is 28.8. The number of ether oxygens (including phenoxy) is 2. The summed E-state index contributed by atoms with van der Waals surface area (Å²) < 4.78 is 25.6. The first-order valence-electron chi connectivity index (χ1n) is 23.0. The quantitative estimate of drug-likeness (QED) is 0.0830. The van der Waals surface area contributed by atoms with Gasteiger partial charge in [-0.3, -0.25) is 4.79 Å². The van der Waals surface area contributed by atoms with E-state index in [1.165, 1.54) is 5.56 Å². The molecule has 5 atom stereocenters. The highest BCUT2D eigenvalue weighted by molar-refractivity contribution is 6.74. The molecule has 0 aromatic heterocycles. The number of amides is 1. The topological polar surface area (TPSA) is 117 Å². The fraction of sp³-hybridized carbons (Fsp3) is 0.577. The summed E-state index contributed by atoms with van der Waals surface area (Å²) in [6.45, 7) is 29.1. The van der Waals surface area contributed by atoms with Gasteiger partial charge in [0.1, 0.15) is 24.5 Å². The molecule has 346 valence electrons. The molecule has 0 heterocycles. The molecule has 0 unspecified atom stereocenters. The molecular formula is C52H77NO8Si2. The van der Waals surface area contributed by atoms with Crippen LogP contribution < -0.4 is 5.32 Å². The van der Waals surface area contributed by atoms with E-state index in [2.05, 4.69) is 98.2 Å². The highest BCUT2D eigenvalue weighted by Crippen LogP contribution is 2.54. The summed E-state index contributed by atoms with van der Waals surface area (Å²) in [7, 11) is -4.20. The zero-order valence-corrected chi connectivity index (χ0v) is 42.7. The van der Waals surface area contributed by atoms with Crippen molar-refractivity contribution >= 4 is 40.3 Å². The smallest absolute Gasteiger partial charge is 0.338 e. The Kier molecular flexibility index (Phi) is 17.9. The minimum Gasteiger partial charge on any atom is -0.459 e. The van der Waals surface area contributed by atoms with Crippen molar-refractivity contribution < 1.29 is 37.5 Å². The zero-order valence-electron chi connectivity index (χ0n) is 40.7. The first kappa shape index (κ1) is 51.7. The number of Topliss-reactive ketones (excluding diaryl/α,β-unsaturated/α-hetero) is 1. The summed E-state index contributed by atoms with van der Waals surface area (Å²) in [5.41, 5.74) is 4.11. The van der Waals surface area contributed by atoms with Gasteiger partial charge in [-0.25, -0.2) is 9.59 Å². The maximum absolute atomic E-state index is 13.6. The average Bonchev–Trinajstić information content (AvgIpc) is 3.53. The third kappa shape index (κ3) is 14.5. The molecule has 3 aromatic rings. The maximum atomic E-state index is 13.6. The highest BCUT2D eigenvalue weighted by Gasteiger charge is 2.50. The van der Waals surface area contributed by atoms with Crippen molar-refractivity contribution in [2.75, 3.05) is 6.61 Å². The van der Waals surface area contributed by atoms with Gasteiger partial charge < -0.3 is 28.4 Å². The van der Waals surface area contributed by atoms with Crippen LogP contribution in [-0.2, 0) is 52.3 Å². The van der Waals surface area contributed by atoms with Gasteiger partial charge in [0, 0.05) is 24.9 Å². The van der Waals surface area contributed by atoms with E-state index in [1.807, 2.05) is 48.5 Å². The number of carbonyl (C=O) groups is 4. The average molecular weight is 900 g/mol. The Labute approximate surface area is 381 Å². The lowest BCUT2D eigenvalue weighted by molar-refractivity contribution is -0.148. The Morgan fingerprint density at radius 3 is 1.98 bits per heavy atom. The fourth-order valence-corrected chi connectivity index (χ4v) is 9.91. The van der Waals surface area contributed by atoms with Gasteiger partial charge in [0.05, 0.1) is 12.2 Å². The van der Waals surface area contributed by atoms with Crippen molar-refractivity contribution in [1.82, 2.24) is 5.32 Å². The van der Waals surface area contributed by atoms with Crippen molar-refractivity contribution in [2.45, 2.75) is 175 Å². The molecule has 9 nitrogen and oxygen atoms in total. The predicted molar refractivity (Wildman–Crippen MR) is 257 cm³/mol. The number of hydrogen-bond donors (Lipinski definition) is 1. The Bertz CT molecular complexity index is 1990. The summed E-state index contributed by atoms with van der Waals surface area (Å²) >= 11 is 0. The molecule has 0 saturated heterocycles. The molecule has 1 aliphatic rings. The van der Waals surface area contributed by atoms with E-state index in [1.54, 1.807) is 26.0 Å². The molecule has 0 bridgehead atoms. The highest BCUT2D eigenvalue weighted by atomic mass is 28.4. The lowest BCUT2D eigenvalue weighted by atomic mass is 9.70. The number of esters is 2. The third-order valence-corrected chi connectivity index (χ3v) is 23.2. The second-order valence-corrected chi connectivity index (χ2v) is 30.9. The van der Waals surface area contributed by atoms with E-state index in [4.69, 9.17) is 18.3 Å². The number of benzene rings is 3. The molecule has 0 radical (unpaired) electrons. The van der Waals surface area contributed by atoms with Gasteiger partial charge in [0.15, 0.2) is 16.6 Å². The summed E-state index contributed by atoms with van der Waals surface area (Å²) in [4.78, 5) is 52.4. The van der Waals surface area contributed by atoms with Crippen LogP contribution in [0.1, 0.15) is 139 Å². The van der Waals surface area contributed by atoms with Gasteiger partial charge in [-0.1, -0.05) is 115 Å². The number of ketones is 1. The van der Waals surface area contributed by atoms with E-state index in [0.717, 1.165) is 36.0 Å². The van der Waals surface area contributed by atoms with Crippen LogP contribution in [0.3, 0.4) is 0 Å². The van der Waals surface area contributed by atoms with Crippen LogP contribution >= 0.6 is 0 Å². The van der Waals surface area contributed by atoms with Gasteiger partial charge in [-0.15, -0.1) is 0 Å². The first-order chi connectivity index (χ1) is 29.3. The second kappa shape index (κ2) is 21.9. The zero-order chi connectivity index (χ0) is 46.8. The largest absolute Gasteiger partial charge is 0.459 e. The molecule has 1 amide bonds. The van der Waals surface area contributed by atoms with Crippen molar-refractivity contribution in [1.29, 1.82) is 0 Å². The van der Waals surface area contributed by atoms with Gasteiger partial charge in [0.2, 0.25) is 5.91 Å². The SMILES string of the molecule is CC(=O)CC[C@H](CO[Si](C)(C)C(C)(C)C)Cc1ccc([C@@H]2CC[C@H](OC(=O)c3ccccc3)[C@@]2(C)CCC(=O)N[C@@H](C)C(=O)OCc2ccccc2)c(CO[Si](C)(C)C(C)(C)C)c1. The van der Waals surface area contributed by atoms with Crippen LogP contribution in [-0.4, -0.2) is 59.0 Å². The molecule has 1 aliphatic carbocycles. The van der Waals surface area contributed by atoms with Crippen molar-refractivity contribution in [3.05, 3.63) is 107 Å². The van der Waals surface area contributed by atoms with Crippen LogP contribution in [0.5, 0.6) is 0 Å². The molecule has 63 heavy (non-hydrogen) atoms. The minimum absolute atomic E-state index is 0.000715. The molecule has 3 aromatic carbocycles. The lowest BCUT2D eigenvalue weighted by Gasteiger charge is -2.39. The van der Waals surface area contributed by atoms with Crippen LogP contribution in [0.2, 0.25) is 36.3 Å². The monoisotopic (exact) mass is 900 g/mol. The number of rotatable bonds is 21. The number of nitrogens with one attached hydrogen (secondary N) is 1. The molecule has 4 rings (SSSR count). The van der Waals surface area contributed by atoms with E-state index >= 15 is 0 Å². The van der Waals surface area contributed by atoms with Crippen LogP contribution in [0.25, 0.3) is 0 Å². The Hall–Kier alpha value is -3.91. The maximum Gasteiger partial charge on any atom is 0.338 e. The minimum atomic E-state index is -2.18. The van der Waals surface area contributed by atoms with E-state index in [9.17, 15) is 19.2 Å². The Balaban J connectivity index is 1.67. The summed E-state index contributed by atoms with van der Waals surface area (Å²) in [5.74, 6) is -0.881. The van der Waals surface area contributed by atoms with Gasteiger partial charge in [0.25, 0.3) is 0 Å². The van der Waals surface area contributed by atoms with E-state index in [0.29, 0.717) is 38.0 Å². The van der Waals surface area contributed by atoms with E-state index in [-0.39, 0.29) is 52.6 Å². The van der Waals surface area contributed by atoms with Crippen molar-refractivity contribution in [3.63, 3.8) is 0 Å². The summed E-state index contributed by atoms with van der Waals surface area (Å²) in [5, 5.41) is 2.93. The van der Waals surface area contributed by atoms with Crippen LogP contribution in [0, 0.1) is 11.3 Å². The standard InChI is InChI=1S/C52H77NO8Si2/c1-37(54)24-25-41(35-59-62(10,11)50(3,4)5)32-40-26-27-44(43(33-40)36-60-63(12,13)51(6,7)8)45-28-29-46(61-49(57)42-22-18-15-19-23-42)52(45,9)31-30-47(55)53-38(2)48(56)58-34-39-20-16-14-17-21-39/h14-23,26-27,33,38,41,45-46H,24-25,28-32,34-36H2,1-13H3,(H,53,55)/t38-,41-,45-,46-,52-/m0/s1. The van der Waals surface area contributed by atoms with Gasteiger partial charge in [-0.2, -0.15) is 0 Å². The van der Waals surface area contributed by atoms with Gasteiger partial charge in [-0.05, 0) is 128 Å². The molecule has 1 saturated carbocycles. The normalized spacial score (nSPS) is 19.3. The second-order valence-electron chi connectivity index (χ2n) is 21.2. The number of hydrogen-bond acceptors (Lipinski definition) is 8. The van der Waals surface area contributed by atoms with Crippen molar-refractivity contribution in [3.8, 4) is 0 Å². The van der Waals surface area contributed by atoms with Gasteiger partial charge >= 0.3 is 11.9 Å². The molecule has 0 aliphatic heterocycles. The Morgan fingerprint density at radius 2 is 1.38 bits per heavy atom. The molecule has 1 fully saturated rings. The summed E-state index contributed by atoms with van der Waals surface area (Å²) in [6.07, 6.45) is 3.49.